The van der Waals surface area contributed by atoms with Crippen molar-refractivity contribution in [3.63, 3.8) is 0 Å². The van der Waals surface area contributed by atoms with Gasteiger partial charge in [0.05, 0.1) is 29.8 Å². The first-order valence-electron chi connectivity index (χ1n) is 13.0. The van der Waals surface area contributed by atoms with Crippen LogP contribution < -0.4 is 16.2 Å². The lowest BCUT2D eigenvalue weighted by Gasteiger charge is -2.24. The molecule has 2 aliphatic rings. The zero-order valence-corrected chi connectivity index (χ0v) is 21.2. The number of hydrogen-bond acceptors (Lipinski definition) is 8. The van der Waals surface area contributed by atoms with E-state index in [0.717, 1.165) is 61.8 Å². The second-order valence-electron chi connectivity index (χ2n) is 10.0. The Morgan fingerprint density at radius 3 is 2.81 bits per heavy atom. The number of carbonyl (C=O) groups is 1. The lowest BCUT2D eigenvalue weighted by molar-refractivity contribution is 0.0718. The van der Waals surface area contributed by atoms with Crippen LogP contribution >= 0.6 is 0 Å². The van der Waals surface area contributed by atoms with Gasteiger partial charge in [0, 0.05) is 43.0 Å². The van der Waals surface area contributed by atoms with Crippen molar-refractivity contribution in [2.45, 2.75) is 58.2 Å². The number of morpholine rings is 1. The summed E-state index contributed by atoms with van der Waals surface area (Å²) in [6.07, 6.45) is 7.67. The molecule has 6 rings (SSSR count). The quantitative estimate of drug-likeness (QED) is 0.386. The van der Waals surface area contributed by atoms with Crippen molar-refractivity contribution in [2.75, 3.05) is 25.1 Å². The Morgan fingerprint density at radius 1 is 1.22 bits per heavy atom. The first-order valence-corrected chi connectivity index (χ1v) is 13.0. The molecule has 0 bridgehead atoms. The van der Waals surface area contributed by atoms with Crippen LogP contribution in [0.1, 0.15) is 54.6 Å². The Balaban J connectivity index is 1.34. The average molecular weight is 502 g/mol. The van der Waals surface area contributed by atoms with Crippen LogP contribution in [0.2, 0.25) is 0 Å². The molecule has 4 aromatic rings. The van der Waals surface area contributed by atoms with Crippen LogP contribution in [0.3, 0.4) is 0 Å². The number of carbonyl (C=O) groups excluding carboxylic acids is 1. The van der Waals surface area contributed by atoms with Crippen LogP contribution in [0.25, 0.3) is 22.1 Å². The first kappa shape index (κ1) is 23.7. The summed E-state index contributed by atoms with van der Waals surface area (Å²) in [6.45, 7) is 6.37. The second kappa shape index (κ2) is 9.68. The summed E-state index contributed by atoms with van der Waals surface area (Å²) in [5.41, 5.74) is 3.08. The molecular formula is C27H31N7O3. The highest BCUT2D eigenvalue weighted by Crippen LogP contribution is 2.32. The fourth-order valence-electron chi connectivity index (χ4n) is 5.70. The van der Waals surface area contributed by atoms with Gasteiger partial charge in [0.15, 0.2) is 5.78 Å². The summed E-state index contributed by atoms with van der Waals surface area (Å²) < 4.78 is 9.48. The van der Waals surface area contributed by atoms with Crippen LogP contribution in [0.5, 0.6) is 0 Å². The van der Waals surface area contributed by atoms with E-state index in [9.17, 15) is 9.59 Å². The molecule has 4 aromatic heterocycles. The van der Waals surface area contributed by atoms with Crippen molar-refractivity contribution in [1.82, 2.24) is 29.4 Å². The van der Waals surface area contributed by atoms with E-state index in [2.05, 4.69) is 20.2 Å². The predicted octanol–water partition coefficient (Wildman–Crippen LogP) is 3.50. The summed E-state index contributed by atoms with van der Waals surface area (Å²) in [4.78, 5) is 39.8. The van der Waals surface area contributed by atoms with Gasteiger partial charge in [-0.2, -0.15) is 4.98 Å². The zero-order chi connectivity index (χ0) is 25.5. The van der Waals surface area contributed by atoms with Gasteiger partial charge in [0.2, 0.25) is 5.95 Å². The average Bonchev–Trinajstić information content (AvgIpc) is 3.55. The van der Waals surface area contributed by atoms with Gasteiger partial charge in [-0.25, -0.2) is 9.97 Å². The number of aromatic nitrogens is 5. The molecule has 0 radical (unpaired) electrons. The third-order valence-electron chi connectivity index (χ3n) is 7.53. The number of aryl methyl sites for hydroxylation is 1. The van der Waals surface area contributed by atoms with E-state index in [1.807, 2.05) is 24.4 Å². The summed E-state index contributed by atoms with van der Waals surface area (Å²) >= 11 is 0. The maximum Gasteiger partial charge on any atom is 0.263 e. The molecule has 10 nitrogen and oxygen atoms in total. The second-order valence-corrected chi connectivity index (χ2v) is 10.0. The van der Waals surface area contributed by atoms with Crippen molar-refractivity contribution in [2.24, 2.45) is 0 Å². The van der Waals surface area contributed by atoms with Crippen molar-refractivity contribution in [1.29, 1.82) is 0 Å². The van der Waals surface area contributed by atoms with Crippen molar-refractivity contribution in [3.8, 4) is 0 Å². The number of hydrogen-bond donors (Lipinski definition) is 2. The highest BCUT2D eigenvalue weighted by atomic mass is 16.5. The van der Waals surface area contributed by atoms with E-state index in [1.165, 1.54) is 6.92 Å². The monoisotopic (exact) mass is 501 g/mol. The maximum atomic E-state index is 13.4. The number of pyridine rings is 2. The van der Waals surface area contributed by atoms with Gasteiger partial charge in [-0.15, -0.1) is 0 Å². The fourth-order valence-corrected chi connectivity index (χ4v) is 5.70. The van der Waals surface area contributed by atoms with E-state index in [-0.39, 0.29) is 29.0 Å². The third kappa shape index (κ3) is 4.40. The normalized spacial score (nSPS) is 18.6. The van der Waals surface area contributed by atoms with Crippen LogP contribution in [0.4, 0.5) is 11.8 Å². The van der Waals surface area contributed by atoms with Crippen LogP contribution in [-0.4, -0.2) is 55.7 Å². The molecule has 1 unspecified atom stereocenters. The molecule has 37 heavy (non-hydrogen) atoms. The molecule has 1 atom stereocenters. The van der Waals surface area contributed by atoms with E-state index in [0.29, 0.717) is 29.6 Å². The third-order valence-corrected chi connectivity index (χ3v) is 7.53. The van der Waals surface area contributed by atoms with E-state index < -0.39 is 0 Å². The summed E-state index contributed by atoms with van der Waals surface area (Å²) in [7, 11) is 0. The van der Waals surface area contributed by atoms with Crippen LogP contribution in [0, 0.1) is 6.92 Å². The molecule has 1 saturated heterocycles. The number of anilines is 2. The number of Topliss-reactive ketones (excluding diaryl/α,β-unsaturated/α-hetero) is 1. The largest absolute Gasteiger partial charge is 0.378 e. The van der Waals surface area contributed by atoms with Gasteiger partial charge in [-0.1, -0.05) is 12.8 Å². The summed E-state index contributed by atoms with van der Waals surface area (Å²) in [6, 6.07) is 6.25. The Hall–Kier alpha value is -3.63. The molecule has 1 aliphatic heterocycles. The number of ether oxygens (including phenoxy) is 1. The van der Waals surface area contributed by atoms with E-state index in [1.54, 1.807) is 17.7 Å². The molecule has 192 valence electrons. The minimum absolute atomic E-state index is 0.0368. The highest BCUT2D eigenvalue weighted by molar-refractivity contribution is 5.99. The minimum atomic E-state index is -0.257. The number of rotatable bonds is 6. The Labute approximate surface area is 214 Å². The molecule has 2 N–H and O–H groups in total. The number of ketones is 1. The number of fused-ring (bicyclic) bond motifs is 2. The van der Waals surface area contributed by atoms with Gasteiger partial charge in [-0.3, -0.25) is 14.2 Å². The molecule has 1 aliphatic carbocycles. The van der Waals surface area contributed by atoms with Crippen molar-refractivity contribution in [3.05, 3.63) is 52.1 Å². The molecule has 0 aromatic carbocycles. The molecule has 5 heterocycles. The zero-order valence-electron chi connectivity index (χ0n) is 21.2. The van der Waals surface area contributed by atoms with Crippen LogP contribution in [0.15, 0.2) is 35.4 Å². The molecule has 0 amide bonds. The smallest absolute Gasteiger partial charge is 0.263 e. The van der Waals surface area contributed by atoms with Crippen LogP contribution in [-0.2, 0) is 11.3 Å². The first-order chi connectivity index (χ1) is 18.0. The standard InChI is InChI=1S/C27H31N7O3/c1-16-20-13-29-27(32-25(20)34(19-5-3-4-6-19)26(36)24(16)17(2)35)31-23-8-7-22-21(30-23)9-11-33(22)14-18-15-37-12-10-28-18/h7-9,11,13,18-19,28H,3-6,10,12,14-15H2,1-2H3,(H,29,30,31,32). The molecule has 0 spiro atoms. The highest BCUT2D eigenvalue weighted by Gasteiger charge is 2.26. The lowest BCUT2D eigenvalue weighted by Crippen LogP contribution is -2.43. The fraction of sp³-hybridized carbons (Fsp3) is 0.444. The van der Waals surface area contributed by atoms with Gasteiger partial charge in [0.1, 0.15) is 11.5 Å². The lowest BCUT2D eigenvalue weighted by atomic mass is 10.0. The van der Waals surface area contributed by atoms with E-state index in [4.69, 9.17) is 14.7 Å². The summed E-state index contributed by atoms with van der Waals surface area (Å²) in [5.74, 6) is 0.758. The SMILES string of the molecule is CC(=O)c1c(C)c2cnc(Nc3ccc4c(ccn4CC4COCCN4)n3)nc2n(C2CCCC2)c1=O. The van der Waals surface area contributed by atoms with Crippen molar-refractivity contribution < 1.29 is 9.53 Å². The topological polar surface area (TPSA) is 116 Å². The number of nitrogens with zero attached hydrogens (tertiary/aromatic N) is 5. The minimum Gasteiger partial charge on any atom is -0.378 e. The maximum absolute atomic E-state index is 13.4. The molecule has 1 saturated carbocycles. The van der Waals surface area contributed by atoms with Crippen molar-refractivity contribution >= 4 is 39.6 Å². The Kier molecular flexibility index (Phi) is 6.21. The molecular weight excluding hydrogens is 470 g/mol. The molecule has 10 heteroatoms. The predicted molar refractivity (Wildman–Crippen MR) is 142 cm³/mol. The van der Waals surface area contributed by atoms with E-state index >= 15 is 0 Å². The van der Waals surface area contributed by atoms with Gasteiger partial charge in [-0.05, 0) is 50.5 Å². The molecule has 2 fully saturated rings. The Bertz CT molecular complexity index is 1550. The van der Waals surface area contributed by atoms with Gasteiger partial charge < -0.3 is 19.9 Å². The van der Waals surface area contributed by atoms with Gasteiger partial charge >= 0.3 is 0 Å². The summed E-state index contributed by atoms with van der Waals surface area (Å²) in [5, 5.41) is 7.43. The number of nitrogens with one attached hydrogen (secondary N) is 2. The Morgan fingerprint density at radius 2 is 2.05 bits per heavy atom. The van der Waals surface area contributed by atoms with Gasteiger partial charge in [0.25, 0.3) is 5.56 Å².